The third kappa shape index (κ3) is 4.15. The molecule has 0 bridgehead atoms. The van der Waals surface area contributed by atoms with E-state index < -0.39 is 0 Å². The second-order valence-electron chi connectivity index (χ2n) is 7.55. The molecule has 0 saturated carbocycles. The summed E-state index contributed by atoms with van der Waals surface area (Å²) < 4.78 is 5.47. The van der Waals surface area contributed by atoms with E-state index in [2.05, 4.69) is 59.2 Å². The summed E-state index contributed by atoms with van der Waals surface area (Å²) in [5.41, 5.74) is 4.76. The first-order valence-electron chi connectivity index (χ1n) is 9.72. The molecule has 2 heterocycles. The van der Waals surface area contributed by atoms with Crippen molar-refractivity contribution in [3.8, 4) is 17.1 Å². The second kappa shape index (κ2) is 7.98. The molecule has 0 radical (unpaired) electrons. The van der Waals surface area contributed by atoms with E-state index in [4.69, 9.17) is 4.52 Å². The summed E-state index contributed by atoms with van der Waals surface area (Å²) >= 11 is 0. The van der Waals surface area contributed by atoms with E-state index in [9.17, 15) is 5.11 Å². The van der Waals surface area contributed by atoms with Crippen LogP contribution in [0.15, 0.2) is 59.1 Å². The van der Waals surface area contributed by atoms with Crippen molar-refractivity contribution < 1.29 is 9.63 Å². The molecule has 1 aliphatic rings. The van der Waals surface area contributed by atoms with Crippen LogP contribution in [0.4, 0.5) is 0 Å². The molecule has 1 N–H and O–H groups in total. The van der Waals surface area contributed by atoms with Gasteiger partial charge in [-0.2, -0.15) is 4.98 Å². The molecule has 1 aromatic heterocycles. The first-order chi connectivity index (χ1) is 13.6. The normalized spacial score (nSPS) is 15.0. The quantitative estimate of drug-likeness (QED) is 0.690. The van der Waals surface area contributed by atoms with Gasteiger partial charge in [-0.15, -0.1) is 0 Å². The maximum Gasteiger partial charge on any atom is 0.241 e. The van der Waals surface area contributed by atoms with Crippen LogP contribution < -0.4 is 0 Å². The van der Waals surface area contributed by atoms with Crippen molar-refractivity contribution in [1.82, 2.24) is 15.0 Å². The molecule has 0 fully saturated rings. The van der Waals surface area contributed by atoms with Crippen LogP contribution in [0.5, 0.6) is 5.75 Å². The molecule has 144 valence electrons. The summed E-state index contributed by atoms with van der Waals surface area (Å²) in [5.74, 6) is 2.09. The Kier molecular flexibility index (Phi) is 5.26. The third-order valence-electron chi connectivity index (χ3n) is 5.19. The first-order valence-corrected chi connectivity index (χ1v) is 9.72. The van der Waals surface area contributed by atoms with Gasteiger partial charge in [-0.1, -0.05) is 61.5 Å². The van der Waals surface area contributed by atoms with E-state index in [1.165, 1.54) is 16.7 Å². The highest BCUT2D eigenvalue weighted by atomic mass is 16.5. The van der Waals surface area contributed by atoms with Crippen molar-refractivity contribution >= 4 is 5.57 Å². The molecule has 0 spiro atoms. The largest absolute Gasteiger partial charge is 0.508 e. The minimum atomic E-state index is 0.299. The van der Waals surface area contributed by atoms with Crippen LogP contribution in [-0.4, -0.2) is 33.2 Å². The smallest absolute Gasteiger partial charge is 0.241 e. The highest BCUT2D eigenvalue weighted by Gasteiger charge is 2.17. The van der Waals surface area contributed by atoms with Crippen molar-refractivity contribution in [2.45, 2.75) is 32.7 Å². The van der Waals surface area contributed by atoms with Gasteiger partial charge in [0.1, 0.15) is 5.75 Å². The fourth-order valence-electron chi connectivity index (χ4n) is 3.44. The van der Waals surface area contributed by atoms with Crippen LogP contribution in [0, 0.1) is 0 Å². The van der Waals surface area contributed by atoms with Crippen molar-refractivity contribution in [3.63, 3.8) is 0 Å². The Morgan fingerprint density at radius 1 is 1.04 bits per heavy atom. The number of phenols is 1. The van der Waals surface area contributed by atoms with Gasteiger partial charge in [-0.3, -0.25) is 4.90 Å². The first kappa shape index (κ1) is 18.4. The molecular formula is C23H25N3O2. The summed E-state index contributed by atoms with van der Waals surface area (Å²) in [6, 6.07) is 15.7. The van der Waals surface area contributed by atoms with Crippen molar-refractivity contribution in [2.75, 3.05) is 13.1 Å². The Morgan fingerprint density at radius 3 is 2.39 bits per heavy atom. The lowest BCUT2D eigenvalue weighted by Gasteiger charge is -2.25. The topological polar surface area (TPSA) is 62.4 Å². The van der Waals surface area contributed by atoms with E-state index in [1.807, 2.05) is 12.1 Å². The highest BCUT2D eigenvalue weighted by Crippen LogP contribution is 2.25. The number of aromatic nitrogens is 2. The van der Waals surface area contributed by atoms with E-state index in [-0.39, 0.29) is 0 Å². The molecule has 1 aliphatic heterocycles. The summed E-state index contributed by atoms with van der Waals surface area (Å²) in [7, 11) is 0. The molecule has 28 heavy (non-hydrogen) atoms. The van der Waals surface area contributed by atoms with Crippen LogP contribution in [0.2, 0.25) is 0 Å². The van der Waals surface area contributed by atoms with Crippen LogP contribution in [-0.2, 0) is 6.54 Å². The zero-order valence-corrected chi connectivity index (χ0v) is 16.3. The summed E-state index contributed by atoms with van der Waals surface area (Å²) in [4.78, 5) is 6.86. The molecule has 0 aliphatic carbocycles. The number of rotatable bonds is 5. The van der Waals surface area contributed by atoms with E-state index in [1.54, 1.807) is 12.1 Å². The van der Waals surface area contributed by atoms with Gasteiger partial charge in [-0.25, -0.2) is 0 Å². The molecule has 3 aromatic rings. The van der Waals surface area contributed by atoms with E-state index in [0.717, 1.165) is 25.1 Å². The second-order valence-corrected chi connectivity index (χ2v) is 7.55. The summed E-state index contributed by atoms with van der Waals surface area (Å²) in [5, 5.41) is 13.6. The average Bonchev–Trinajstić information content (AvgIpc) is 3.18. The van der Waals surface area contributed by atoms with Gasteiger partial charge >= 0.3 is 0 Å². The van der Waals surface area contributed by atoms with Gasteiger partial charge < -0.3 is 9.63 Å². The molecule has 2 aromatic carbocycles. The fraction of sp³-hybridized carbons (Fsp3) is 0.304. The monoisotopic (exact) mass is 375 g/mol. The maximum absolute atomic E-state index is 9.43. The van der Waals surface area contributed by atoms with Crippen molar-refractivity contribution in [1.29, 1.82) is 0 Å². The predicted molar refractivity (Wildman–Crippen MR) is 110 cm³/mol. The van der Waals surface area contributed by atoms with E-state index in [0.29, 0.717) is 29.9 Å². The number of hydrogen-bond donors (Lipinski definition) is 1. The number of nitrogens with zero attached hydrogens (tertiary/aromatic N) is 3. The number of hydrogen-bond acceptors (Lipinski definition) is 5. The van der Waals surface area contributed by atoms with Gasteiger partial charge in [0.25, 0.3) is 0 Å². The van der Waals surface area contributed by atoms with Gasteiger partial charge in [0.05, 0.1) is 6.54 Å². The fourth-order valence-corrected chi connectivity index (χ4v) is 3.44. The molecule has 0 unspecified atom stereocenters. The van der Waals surface area contributed by atoms with Gasteiger partial charge in [0, 0.05) is 18.7 Å². The van der Waals surface area contributed by atoms with Crippen LogP contribution in [0.3, 0.4) is 0 Å². The van der Waals surface area contributed by atoms with Crippen LogP contribution in [0.25, 0.3) is 17.0 Å². The minimum absolute atomic E-state index is 0.299. The Morgan fingerprint density at radius 2 is 1.75 bits per heavy atom. The highest BCUT2D eigenvalue weighted by molar-refractivity contribution is 5.67. The van der Waals surface area contributed by atoms with Crippen LogP contribution >= 0.6 is 0 Å². The molecule has 5 nitrogen and oxygen atoms in total. The maximum atomic E-state index is 9.43. The lowest BCUT2D eigenvalue weighted by Crippen LogP contribution is -2.28. The minimum Gasteiger partial charge on any atom is -0.508 e. The summed E-state index contributed by atoms with van der Waals surface area (Å²) in [6.07, 6.45) is 3.19. The Bertz CT molecular complexity index is 956. The lowest BCUT2D eigenvalue weighted by atomic mass is 9.99. The Labute approximate surface area is 165 Å². The number of benzene rings is 2. The summed E-state index contributed by atoms with van der Waals surface area (Å²) in [6.45, 7) is 6.80. The lowest BCUT2D eigenvalue weighted by molar-refractivity contribution is 0.245. The Balaban J connectivity index is 1.39. The predicted octanol–water partition coefficient (Wildman–Crippen LogP) is 4.85. The molecule has 0 atom stereocenters. The van der Waals surface area contributed by atoms with Gasteiger partial charge in [-0.05, 0) is 41.2 Å². The molecule has 0 amide bonds. The van der Waals surface area contributed by atoms with Crippen molar-refractivity contribution in [2.24, 2.45) is 0 Å². The van der Waals surface area contributed by atoms with Crippen LogP contribution in [0.1, 0.15) is 43.2 Å². The van der Waals surface area contributed by atoms with Crippen molar-refractivity contribution in [3.05, 3.63) is 71.6 Å². The van der Waals surface area contributed by atoms with Gasteiger partial charge in [0.15, 0.2) is 0 Å². The zero-order chi connectivity index (χ0) is 19.5. The standard InChI is InChI=1S/C23H25N3O2/c1-16(2)17-3-5-20(6-4-17)23-24-22(28-25-23)15-26-13-11-19(12-14-26)18-7-9-21(27)10-8-18/h3-11,16,27H,12-15H2,1-2H3. The Hall–Kier alpha value is -2.92. The SMILES string of the molecule is CC(C)c1ccc(-c2noc(CN3CC=C(c4ccc(O)cc4)CC3)n2)cc1. The number of phenolic OH excluding ortho intramolecular Hbond substituents is 1. The average molecular weight is 375 g/mol. The number of aromatic hydroxyl groups is 1. The third-order valence-corrected chi connectivity index (χ3v) is 5.19. The molecular weight excluding hydrogens is 350 g/mol. The molecule has 4 rings (SSSR count). The molecule has 0 saturated heterocycles. The zero-order valence-electron chi connectivity index (χ0n) is 16.3. The van der Waals surface area contributed by atoms with E-state index >= 15 is 0 Å². The van der Waals surface area contributed by atoms with Gasteiger partial charge in [0.2, 0.25) is 11.7 Å². The molecule has 5 heteroatoms.